The van der Waals surface area contributed by atoms with Crippen molar-refractivity contribution < 1.29 is 14.7 Å². The molecule has 0 aromatic rings. The zero-order valence-corrected chi connectivity index (χ0v) is 13.6. The summed E-state index contributed by atoms with van der Waals surface area (Å²) in [6.07, 6.45) is 2.00. The lowest BCUT2D eigenvalue weighted by atomic mass is 9.92. The first-order chi connectivity index (χ1) is 9.82. The fourth-order valence-corrected chi connectivity index (χ4v) is 2.58. The second kappa shape index (κ2) is 8.22. The van der Waals surface area contributed by atoms with Crippen LogP contribution in [0.5, 0.6) is 0 Å². The van der Waals surface area contributed by atoms with Gasteiger partial charge in [-0.05, 0) is 53.6 Å². The van der Waals surface area contributed by atoms with Gasteiger partial charge in [-0.3, -0.25) is 4.79 Å². The van der Waals surface area contributed by atoms with Gasteiger partial charge in [-0.2, -0.15) is 0 Å². The highest BCUT2D eigenvalue weighted by atomic mass is 16.4. The molecule has 21 heavy (non-hydrogen) atoms. The number of carboxylic acid groups (broad SMARTS) is 1. The molecule has 6 nitrogen and oxygen atoms in total. The predicted octanol–water partition coefficient (Wildman–Crippen LogP) is 1.61. The fraction of sp³-hybridized carbons (Fsp3) is 0.867. The summed E-state index contributed by atoms with van der Waals surface area (Å²) in [5.74, 6) is -1.07. The molecule has 1 rings (SSSR count). The number of urea groups is 1. The van der Waals surface area contributed by atoms with Crippen molar-refractivity contribution >= 4 is 12.0 Å². The smallest absolute Gasteiger partial charge is 0.317 e. The van der Waals surface area contributed by atoms with E-state index in [-0.39, 0.29) is 18.0 Å². The molecular formula is C15H29N3O3. The van der Waals surface area contributed by atoms with Crippen LogP contribution in [0, 0.1) is 5.92 Å². The number of amides is 2. The molecular weight excluding hydrogens is 270 g/mol. The molecule has 6 heteroatoms. The third kappa shape index (κ3) is 5.53. The lowest BCUT2D eigenvalue weighted by Crippen LogP contribution is -2.50. The molecule has 0 aromatic carbocycles. The van der Waals surface area contributed by atoms with Gasteiger partial charge in [-0.1, -0.05) is 0 Å². The molecule has 1 saturated heterocycles. The van der Waals surface area contributed by atoms with Gasteiger partial charge in [0.05, 0.1) is 5.92 Å². The third-order valence-corrected chi connectivity index (χ3v) is 4.33. The average Bonchev–Trinajstić information content (AvgIpc) is 2.42. The van der Waals surface area contributed by atoms with Gasteiger partial charge in [0.2, 0.25) is 0 Å². The average molecular weight is 299 g/mol. The minimum Gasteiger partial charge on any atom is -0.481 e. The highest BCUT2D eigenvalue weighted by Crippen LogP contribution is 2.22. The maximum Gasteiger partial charge on any atom is 0.317 e. The summed E-state index contributed by atoms with van der Waals surface area (Å²) in [5.41, 5.74) is 0. The normalized spacial score (nSPS) is 22.7. The Morgan fingerprint density at radius 2 is 2.10 bits per heavy atom. The van der Waals surface area contributed by atoms with Crippen molar-refractivity contribution in [1.29, 1.82) is 0 Å². The van der Waals surface area contributed by atoms with Crippen molar-refractivity contribution in [1.82, 2.24) is 15.1 Å². The zero-order chi connectivity index (χ0) is 16.0. The zero-order valence-electron chi connectivity index (χ0n) is 13.6. The Hall–Kier alpha value is -1.30. The highest BCUT2D eigenvalue weighted by Gasteiger charge is 2.31. The van der Waals surface area contributed by atoms with Gasteiger partial charge in [-0.15, -0.1) is 0 Å². The summed E-state index contributed by atoms with van der Waals surface area (Å²) in [4.78, 5) is 27.1. The van der Waals surface area contributed by atoms with Gasteiger partial charge < -0.3 is 20.2 Å². The van der Waals surface area contributed by atoms with Gasteiger partial charge in [0.1, 0.15) is 0 Å². The van der Waals surface area contributed by atoms with Crippen molar-refractivity contribution in [2.75, 3.05) is 26.7 Å². The predicted molar refractivity (Wildman–Crippen MR) is 82.3 cm³/mol. The Morgan fingerprint density at radius 1 is 1.43 bits per heavy atom. The molecule has 0 aliphatic carbocycles. The standard InChI is InChI=1S/C15H29N3O3/c1-11(2)17(4)8-5-7-16-15(21)18-9-6-13(14(19)20)10-12(18)3/h11-13H,5-10H2,1-4H3,(H,16,21)(H,19,20). The number of carbonyl (C=O) groups excluding carboxylic acids is 1. The van der Waals surface area contributed by atoms with Crippen LogP contribution in [0.3, 0.4) is 0 Å². The van der Waals surface area contributed by atoms with Crippen LogP contribution >= 0.6 is 0 Å². The number of hydrogen-bond acceptors (Lipinski definition) is 3. The maximum absolute atomic E-state index is 12.1. The second-order valence-corrected chi connectivity index (χ2v) is 6.26. The van der Waals surface area contributed by atoms with E-state index in [0.29, 0.717) is 32.0 Å². The summed E-state index contributed by atoms with van der Waals surface area (Å²) >= 11 is 0. The molecule has 1 aliphatic rings. The van der Waals surface area contributed by atoms with Crippen LogP contribution in [-0.4, -0.2) is 65.7 Å². The van der Waals surface area contributed by atoms with Crippen LogP contribution in [0.4, 0.5) is 4.79 Å². The Balaban J connectivity index is 2.28. The highest BCUT2D eigenvalue weighted by molar-refractivity contribution is 5.75. The Bertz CT molecular complexity index is 360. The molecule has 2 N–H and O–H groups in total. The van der Waals surface area contributed by atoms with E-state index in [1.807, 2.05) is 6.92 Å². The monoisotopic (exact) mass is 299 g/mol. The van der Waals surface area contributed by atoms with E-state index in [1.54, 1.807) is 4.90 Å². The van der Waals surface area contributed by atoms with Crippen LogP contribution in [0.25, 0.3) is 0 Å². The van der Waals surface area contributed by atoms with Gasteiger partial charge >= 0.3 is 12.0 Å². The molecule has 1 fully saturated rings. The van der Waals surface area contributed by atoms with Crippen LogP contribution in [-0.2, 0) is 4.79 Å². The van der Waals surface area contributed by atoms with Gasteiger partial charge in [0.15, 0.2) is 0 Å². The summed E-state index contributed by atoms with van der Waals surface area (Å²) in [6, 6.07) is 0.424. The Morgan fingerprint density at radius 3 is 2.62 bits per heavy atom. The van der Waals surface area contributed by atoms with Crippen LogP contribution in [0.15, 0.2) is 0 Å². The molecule has 0 spiro atoms. The van der Waals surface area contributed by atoms with Crippen LogP contribution < -0.4 is 5.32 Å². The van der Waals surface area contributed by atoms with Crippen molar-refractivity contribution in [2.45, 2.75) is 52.1 Å². The second-order valence-electron chi connectivity index (χ2n) is 6.26. The number of carbonyl (C=O) groups is 2. The largest absolute Gasteiger partial charge is 0.481 e. The number of hydrogen-bond donors (Lipinski definition) is 2. The minimum absolute atomic E-state index is 0.0156. The number of aliphatic carboxylic acids is 1. The number of nitrogens with one attached hydrogen (secondary N) is 1. The first-order valence-electron chi connectivity index (χ1n) is 7.80. The number of rotatable bonds is 6. The molecule has 1 heterocycles. The van der Waals surface area contributed by atoms with Crippen molar-refractivity contribution in [3.63, 3.8) is 0 Å². The Labute approximate surface area is 127 Å². The van der Waals surface area contributed by atoms with Crippen LogP contribution in [0.1, 0.15) is 40.0 Å². The number of likely N-dealkylation sites (tertiary alicyclic amines) is 1. The van der Waals surface area contributed by atoms with Crippen molar-refractivity contribution in [3.05, 3.63) is 0 Å². The molecule has 2 unspecified atom stereocenters. The quantitative estimate of drug-likeness (QED) is 0.731. The van der Waals surface area contributed by atoms with Gasteiger partial charge in [0.25, 0.3) is 0 Å². The number of piperidine rings is 1. The van der Waals surface area contributed by atoms with E-state index in [1.165, 1.54) is 0 Å². The SMILES string of the molecule is CC(C)N(C)CCCNC(=O)N1CCC(C(=O)O)CC1C. The van der Waals surface area contributed by atoms with Gasteiger partial charge in [-0.25, -0.2) is 4.79 Å². The van der Waals surface area contributed by atoms with E-state index in [9.17, 15) is 9.59 Å². The first-order valence-corrected chi connectivity index (χ1v) is 7.80. The van der Waals surface area contributed by atoms with Crippen molar-refractivity contribution in [2.24, 2.45) is 5.92 Å². The van der Waals surface area contributed by atoms with Gasteiger partial charge in [0, 0.05) is 25.2 Å². The lowest BCUT2D eigenvalue weighted by Gasteiger charge is -2.36. The summed E-state index contributed by atoms with van der Waals surface area (Å²) in [6.45, 7) is 8.34. The molecule has 2 amide bonds. The van der Waals surface area contributed by atoms with Crippen LogP contribution in [0.2, 0.25) is 0 Å². The summed E-state index contributed by atoms with van der Waals surface area (Å²) < 4.78 is 0. The van der Waals surface area contributed by atoms with E-state index in [2.05, 4.69) is 31.1 Å². The molecule has 1 aliphatic heterocycles. The lowest BCUT2D eigenvalue weighted by molar-refractivity contribution is -0.143. The molecule has 0 saturated carbocycles. The summed E-state index contributed by atoms with van der Waals surface area (Å²) in [5, 5.41) is 12.0. The molecule has 2 atom stereocenters. The first kappa shape index (κ1) is 17.8. The number of carboxylic acids is 1. The van der Waals surface area contributed by atoms with E-state index >= 15 is 0 Å². The maximum atomic E-state index is 12.1. The Kier molecular flexibility index (Phi) is 6.95. The molecule has 0 radical (unpaired) electrons. The third-order valence-electron chi connectivity index (χ3n) is 4.33. The fourth-order valence-electron chi connectivity index (χ4n) is 2.58. The van der Waals surface area contributed by atoms with Crippen molar-refractivity contribution in [3.8, 4) is 0 Å². The van der Waals surface area contributed by atoms with E-state index in [4.69, 9.17) is 5.11 Å². The minimum atomic E-state index is -0.751. The molecule has 0 aromatic heterocycles. The summed E-state index contributed by atoms with van der Waals surface area (Å²) in [7, 11) is 2.07. The van der Waals surface area contributed by atoms with E-state index in [0.717, 1.165) is 13.0 Å². The molecule has 0 bridgehead atoms. The number of nitrogens with zero attached hydrogens (tertiary/aromatic N) is 2. The topological polar surface area (TPSA) is 72.9 Å². The molecule has 122 valence electrons. The van der Waals surface area contributed by atoms with E-state index < -0.39 is 5.97 Å².